The molecule has 2 N–H and O–H groups in total. The van der Waals surface area contributed by atoms with Gasteiger partial charge in [-0.05, 0) is 66.1 Å². The number of H-pyrrole nitrogens is 1. The molecular formula is C37H36F2N4O4. The number of para-hydroxylation sites is 1. The second-order valence-corrected chi connectivity index (χ2v) is 11.4. The highest BCUT2D eigenvalue weighted by molar-refractivity contribution is 5.99. The van der Waals surface area contributed by atoms with Crippen molar-refractivity contribution in [2.45, 2.75) is 32.4 Å². The Morgan fingerprint density at radius 2 is 1.53 bits per heavy atom. The van der Waals surface area contributed by atoms with Crippen LogP contribution in [-0.4, -0.2) is 54.3 Å². The van der Waals surface area contributed by atoms with Crippen molar-refractivity contribution in [3.05, 3.63) is 131 Å². The van der Waals surface area contributed by atoms with Gasteiger partial charge in [-0.2, -0.15) is 0 Å². The van der Waals surface area contributed by atoms with Crippen molar-refractivity contribution in [2.24, 2.45) is 0 Å². The van der Waals surface area contributed by atoms with E-state index in [4.69, 9.17) is 4.74 Å². The number of carbonyl (C=O) groups excluding carboxylic acids is 3. The van der Waals surface area contributed by atoms with Gasteiger partial charge in [-0.3, -0.25) is 14.4 Å². The molecule has 0 radical (unpaired) electrons. The van der Waals surface area contributed by atoms with Crippen molar-refractivity contribution in [3.63, 3.8) is 0 Å². The highest BCUT2D eigenvalue weighted by Crippen LogP contribution is 2.24. The summed E-state index contributed by atoms with van der Waals surface area (Å²) in [5, 5.41) is 3.68. The Morgan fingerprint density at radius 1 is 0.872 bits per heavy atom. The molecule has 1 heterocycles. The van der Waals surface area contributed by atoms with Gasteiger partial charge < -0.3 is 24.8 Å². The number of nitrogens with zero attached hydrogens (tertiary/aromatic N) is 2. The Bertz CT molecular complexity index is 1850. The normalized spacial score (nSPS) is 11.6. The minimum Gasteiger partial charge on any atom is -0.497 e. The second-order valence-electron chi connectivity index (χ2n) is 11.4. The van der Waals surface area contributed by atoms with Crippen LogP contribution in [0, 0.1) is 18.6 Å². The molecule has 8 nitrogen and oxygen atoms in total. The van der Waals surface area contributed by atoms with Gasteiger partial charge in [0.1, 0.15) is 23.4 Å². The van der Waals surface area contributed by atoms with Gasteiger partial charge in [-0.1, -0.05) is 48.5 Å². The van der Waals surface area contributed by atoms with E-state index in [1.807, 2.05) is 61.5 Å². The molecule has 47 heavy (non-hydrogen) atoms. The van der Waals surface area contributed by atoms with Crippen LogP contribution in [-0.2, 0) is 33.8 Å². The quantitative estimate of drug-likeness (QED) is 0.183. The molecule has 1 atom stereocenters. The van der Waals surface area contributed by atoms with E-state index in [-0.39, 0.29) is 37.4 Å². The zero-order chi connectivity index (χ0) is 33.5. The molecule has 0 bridgehead atoms. The van der Waals surface area contributed by atoms with Crippen LogP contribution in [0.4, 0.5) is 14.5 Å². The first-order valence-corrected chi connectivity index (χ1v) is 15.1. The lowest BCUT2D eigenvalue weighted by atomic mass is 10.0. The molecule has 5 aromatic rings. The summed E-state index contributed by atoms with van der Waals surface area (Å²) in [7, 11) is 3.07. The number of nitrogens with one attached hydrogen (secondary N) is 2. The number of aryl methyl sites for hydroxylation is 1. The summed E-state index contributed by atoms with van der Waals surface area (Å²) in [6.07, 6.45) is -0.123. The van der Waals surface area contributed by atoms with E-state index in [1.165, 1.54) is 16.9 Å². The minimum atomic E-state index is -1.19. The lowest BCUT2D eigenvalue weighted by Gasteiger charge is -2.27. The largest absolute Gasteiger partial charge is 0.497 e. The molecule has 0 saturated carbocycles. The fraction of sp³-hybridized carbons (Fsp3) is 0.216. The van der Waals surface area contributed by atoms with Crippen LogP contribution < -0.4 is 15.0 Å². The summed E-state index contributed by atoms with van der Waals surface area (Å²) < 4.78 is 33.4. The number of amides is 3. The van der Waals surface area contributed by atoms with Crippen molar-refractivity contribution in [1.29, 1.82) is 0 Å². The molecule has 5 rings (SSSR count). The number of halogens is 2. The van der Waals surface area contributed by atoms with Crippen LogP contribution in [0.25, 0.3) is 10.9 Å². The number of methoxy groups -OCH3 is 1. The zero-order valence-electron chi connectivity index (χ0n) is 26.4. The number of anilines is 1. The highest BCUT2D eigenvalue weighted by Gasteiger charge is 2.28. The lowest BCUT2D eigenvalue weighted by molar-refractivity contribution is -0.136. The topological polar surface area (TPSA) is 94.7 Å². The number of hydrogen-bond acceptors (Lipinski definition) is 4. The first kappa shape index (κ1) is 32.9. The van der Waals surface area contributed by atoms with E-state index in [1.54, 1.807) is 31.3 Å². The van der Waals surface area contributed by atoms with Gasteiger partial charge in [0.2, 0.25) is 17.7 Å². The van der Waals surface area contributed by atoms with Gasteiger partial charge in [0, 0.05) is 48.4 Å². The Kier molecular flexibility index (Phi) is 10.3. The van der Waals surface area contributed by atoms with Gasteiger partial charge in [-0.15, -0.1) is 0 Å². The summed E-state index contributed by atoms with van der Waals surface area (Å²) in [5.74, 6) is -2.38. The molecule has 0 aliphatic heterocycles. The number of aromatic amines is 1. The zero-order valence-corrected chi connectivity index (χ0v) is 26.4. The van der Waals surface area contributed by atoms with E-state index in [2.05, 4.69) is 10.3 Å². The fourth-order valence-electron chi connectivity index (χ4n) is 5.61. The van der Waals surface area contributed by atoms with E-state index >= 15 is 0 Å². The van der Waals surface area contributed by atoms with E-state index in [9.17, 15) is 23.2 Å². The SMILES string of the molecule is COc1ccc(N(C)C(=O)[C@H](Cc2cc(F)cc(F)c2)NC(=O)CN(Cc2ccccc2)C(=O)Cc2c(C)[nH]c3ccccc23)cc1. The average Bonchev–Trinajstić information content (AvgIpc) is 3.37. The smallest absolute Gasteiger partial charge is 0.249 e. The summed E-state index contributed by atoms with van der Waals surface area (Å²) in [5.41, 5.74) is 4.15. The van der Waals surface area contributed by atoms with E-state index in [0.717, 1.165) is 45.9 Å². The Labute approximate surface area is 272 Å². The van der Waals surface area contributed by atoms with Crippen molar-refractivity contribution >= 4 is 34.3 Å². The Morgan fingerprint density at radius 3 is 2.21 bits per heavy atom. The third-order valence-electron chi connectivity index (χ3n) is 8.04. The molecule has 10 heteroatoms. The number of rotatable bonds is 12. The molecule has 4 aromatic carbocycles. The van der Waals surface area contributed by atoms with Gasteiger partial charge in [0.15, 0.2) is 0 Å². The van der Waals surface area contributed by atoms with Gasteiger partial charge in [0.25, 0.3) is 0 Å². The second kappa shape index (κ2) is 14.7. The molecule has 0 saturated heterocycles. The molecule has 0 aliphatic carbocycles. The number of carbonyl (C=O) groups is 3. The first-order valence-electron chi connectivity index (χ1n) is 15.1. The molecule has 242 valence electrons. The maximum absolute atomic E-state index is 14.1. The molecule has 0 spiro atoms. The fourth-order valence-corrected chi connectivity index (χ4v) is 5.61. The van der Waals surface area contributed by atoms with Gasteiger partial charge >= 0.3 is 0 Å². The monoisotopic (exact) mass is 638 g/mol. The standard InChI is InChI=1S/C37H36F2N4O4/c1-24-32(31-11-7-8-12-33(31)40-24)21-36(45)43(22-25-9-5-4-6-10-25)23-35(44)41-34(19-26-17-27(38)20-28(39)18-26)37(46)42(2)29-13-15-30(47-3)16-14-29/h4-18,20,34,40H,19,21-23H2,1-3H3,(H,41,44)/t34-/m0/s1. The van der Waals surface area contributed by atoms with Crippen molar-refractivity contribution < 1.29 is 27.9 Å². The Hall–Kier alpha value is -5.51. The number of likely N-dealkylation sites (N-methyl/N-ethyl adjacent to an activating group) is 1. The summed E-state index contributed by atoms with van der Waals surface area (Å²) in [6, 6.07) is 25.5. The highest BCUT2D eigenvalue weighted by atomic mass is 19.1. The van der Waals surface area contributed by atoms with E-state index < -0.39 is 29.5 Å². The maximum Gasteiger partial charge on any atom is 0.249 e. The molecule has 0 unspecified atom stereocenters. The number of aromatic nitrogens is 1. The average molecular weight is 639 g/mol. The molecule has 1 aromatic heterocycles. The third-order valence-corrected chi connectivity index (χ3v) is 8.04. The Balaban J connectivity index is 1.39. The maximum atomic E-state index is 14.1. The predicted molar refractivity (Wildman–Crippen MR) is 177 cm³/mol. The number of hydrogen-bond donors (Lipinski definition) is 2. The summed E-state index contributed by atoms with van der Waals surface area (Å²) >= 11 is 0. The van der Waals surface area contributed by atoms with Gasteiger partial charge in [0.05, 0.1) is 20.1 Å². The van der Waals surface area contributed by atoms with Crippen molar-refractivity contribution in [3.8, 4) is 5.75 Å². The molecule has 0 fully saturated rings. The molecule has 3 amide bonds. The lowest BCUT2D eigenvalue weighted by Crippen LogP contribution is -2.51. The molecular weight excluding hydrogens is 602 g/mol. The first-order chi connectivity index (χ1) is 22.6. The summed E-state index contributed by atoms with van der Waals surface area (Å²) in [6.45, 7) is 1.72. The number of fused-ring (bicyclic) bond motifs is 1. The predicted octanol–water partition coefficient (Wildman–Crippen LogP) is 5.72. The van der Waals surface area contributed by atoms with Crippen LogP contribution in [0.5, 0.6) is 5.75 Å². The van der Waals surface area contributed by atoms with Crippen LogP contribution in [0.15, 0.2) is 97.1 Å². The van der Waals surface area contributed by atoms with Crippen LogP contribution in [0.1, 0.15) is 22.4 Å². The van der Waals surface area contributed by atoms with Crippen LogP contribution in [0.2, 0.25) is 0 Å². The van der Waals surface area contributed by atoms with Crippen molar-refractivity contribution in [1.82, 2.24) is 15.2 Å². The van der Waals surface area contributed by atoms with Crippen LogP contribution >= 0.6 is 0 Å². The van der Waals surface area contributed by atoms with E-state index in [0.29, 0.717) is 11.4 Å². The van der Waals surface area contributed by atoms with Gasteiger partial charge in [-0.25, -0.2) is 8.78 Å². The number of benzene rings is 4. The number of ether oxygens (including phenoxy) is 1. The minimum absolute atomic E-state index is 0.0566. The van der Waals surface area contributed by atoms with Crippen molar-refractivity contribution in [2.75, 3.05) is 25.6 Å². The van der Waals surface area contributed by atoms with Crippen LogP contribution in [0.3, 0.4) is 0 Å². The third kappa shape index (κ3) is 8.21. The summed E-state index contributed by atoms with van der Waals surface area (Å²) in [4.78, 5) is 47.4. The molecule has 0 aliphatic rings.